The molecule has 1 radical (unpaired) electrons. The number of H-pyrrole nitrogens is 1. The first-order valence-corrected chi connectivity index (χ1v) is 7.29. The van der Waals surface area contributed by atoms with E-state index in [4.69, 9.17) is 4.74 Å². The van der Waals surface area contributed by atoms with Gasteiger partial charge in [0.1, 0.15) is 5.69 Å². The molecule has 1 atom stereocenters. The number of carbonyl (C=O) groups is 1. The molecule has 2 aromatic rings. The lowest BCUT2D eigenvalue weighted by Gasteiger charge is -2.05. The zero-order chi connectivity index (χ0) is 17.3. The number of amides is 1. The van der Waals surface area contributed by atoms with Gasteiger partial charge in [-0.1, -0.05) is 0 Å². The molecule has 0 unspecified atom stereocenters. The average Bonchev–Trinajstić information content (AvgIpc) is 3.17. The summed E-state index contributed by atoms with van der Waals surface area (Å²) >= 11 is 4.67. The number of aromatic amines is 1. The summed E-state index contributed by atoms with van der Waals surface area (Å²) in [5.74, 6) is -0.785. The van der Waals surface area contributed by atoms with Crippen LogP contribution in [0.1, 0.15) is 28.7 Å². The van der Waals surface area contributed by atoms with Gasteiger partial charge in [-0.15, -0.1) is 13.9 Å². The normalized spacial score (nSPS) is 17.9. The Balaban J connectivity index is 1.68. The molecule has 1 aliphatic rings. The van der Waals surface area contributed by atoms with Gasteiger partial charge in [0, 0.05) is 30.8 Å². The summed E-state index contributed by atoms with van der Waals surface area (Å²) < 4.78 is 35.9. The van der Waals surface area contributed by atoms with E-state index in [0.29, 0.717) is 6.61 Å². The molecule has 1 amide bonds. The molecule has 8 nitrogen and oxygen atoms in total. The minimum atomic E-state index is -3.91. The Labute approximate surface area is 140 Å². The van der Waals surface area contributed by atoms with Crippen LogP contribution >= 0.6 is 11.6 Å². The number of halogens is 3. The zero-order valence-corrected chi connectivity index (χ0v) is 13.2. The van der Waals surface area contributed by atoms with Gasteiger partial charge in [-0.2, -0.15) is 5.10 Å². The van der Waals surface area contributed by atoms with Gasteiger partial charge in [0.15, 0.2) is 5.82 Å². The van der Waals surface area contributed by atoms with Crippen molar-refractivity contribution in [1.82, 2.24) is 20.0 Å². The highest BCUT2D eigenvalue weighted by Crippen LogP contribution is 2.28. The monoisotopic (exact) mass is 360 g/mol. The van der Waals surface area contributed by atoms with E-state index in [1.807, 2.05) is 6.42 Å². The van der Waals surface area contributed by atoms with E-state index < -0.39 is 17.4 Å². The van der Waals surface area contributed by atoms with Gasteiger partial charge in [0.05, 0.1) is 18.4 Å². The topological polar surface area (TPSA) is 94.1 Å². The Kier molecular flexibility index (Phi) is 4.41. The first-order valence-electron chi connectivity index (χ1n) is 6.91. The maximum absolute atomic E-state index is 12.6. The SMILES string of the molecule is Cn1nc(OC(F)(F)Cl)cc1C(=O)Nc1cc([C@H]2C[CH]CO2)[nH]n1. The van der Waals surface area contributed by atoms with E-state index in [2.05, 4.69) is 37.0 Å². The number of ether oxygens (including phenoxy) is 2. The van der Waals surface area contributed by atoms with Crippen molar-refractivity contribution in [2.45, 2.75) is 18.1 Å². The van der Waals surface area contributed by atoms with Crippen LogP contribution in [0.25, 0.3) is 0 Å². The van der Waals surface area contributed by atoms with Crippen molar-refractivity contribution in [2.75, 3.05) is 11.9 Å². The van der Waals surface area contributed by atoms with Crippen LogP contribution in [0.5, 0.6) is 5.88 Å². The van der Waals surface area contributed by atoms with Gasteiger partial charge in [0.2, 0.25) is 5.88 Å². The number of hydrogen-bond acceptors (Lipinski definition) is 5. The third-order valence-electron chi connectivity index (χ3n) is 3.29. The molecule has 2 aromatic heterocycles. The summed E-state index contributed by atoms with van der Waals surface area (Å²) in [4.78, 5) is 12.2. The molecule has 0 saturated carbocycles. The molecular formula is C13H13ClF2N5O3. The van der Waals surface area contributed by atoms with Crippen LogP contribution in [0.15, 0.2) is 12.1 Å². The zero-order valence-electron chi connectivity index (χ0n) is 12.4. The fourth-order valence-electron chi connectivity index (χ4n) is 2.26. The Morgan fingerprint density at radius 1 is 1.58 bits per heavy atom. The molecule has 11 heteroatoms. The lowest BCUT2D eigenvalue weighted by atomic mass is 10.2. The third-order valence-corrected chi connectivity index (χ3v) is 3.37. The van der Waals surface area contributed by atoms with Crippen molar-refractivity contribution in [3.8, 4) is 5.88 Å². The Hall–Kier alpha value is -2.20. The predicted molar refractivity (Wildman–Crippen MR) is 78.8 cm³/mol. The van der Waals surface area contributed by atoms with E-state index in [9.17, 15) is 13.6 Å². The summed E-state index contributed by atoms with van der Waals surface area (Å²) in [7, 11) is 1.41. The molecule has 3 heterocycles. The molecule has 0 spiro atoms. The van der Waals surface area contributed by atoms with E-state index in [1.165, 1.54) is 7.05 Å². The second kappa shape index (κ2) is 6.36. The number of rotatable bonds is 5. The smallest absolute Gasteiger partial charge is 0.400 e. The summed E-state index contributed by atoms with van der Waals surface area (Å²) in [6.07, 6.45) is 2.63. The van der Waals surface area contributed by atoms with Gasteiger partial charge >= 0.3 is 5.57 Å². The molecule has 129 valence electrons. The first kappa shape index (κ1) is 16.7. The van der Waals surface area contributed by atoms with E-state index in [1.54, 1.807) is 6.07 Å². The molecule has 0 bridgehead atoms. The number of nitrogens with zero attached hydrogens (tertiary/aromatic N) is 3. The number of alkyl halides is 3. The van der Waals surface area contributed by atoms with Crippen molar-refractivity contribution in [2.24, 2.45) is 7.05 Å². The van der Waals surface area contributed by atoms with Gasteiger partial charge in [0.25, 0.3) is 5.91 Å². The van der Waals surface area contributed by atoms with Crippen LogP contribution in [0, 0.1) is 6.42 Å². The number of anilines is 1. The van der Waals surface area contributed by atoms with Crippen molar-refractivity contribution in [3.63, 3.8) is 0 Å². The van der Waals surface area contributed by atoms with Gasteiger partial charge in [-0.05, 0) is 12.8 Å². The quantitative estimate of drug-likeness (QED) is 0.797. The number of aryl methyl sites for hydroxylation is 1. The summed E-state index contributed by atoms with van der Waals surface area (Å²) in [6, 6.07) is 2.69. The summed E-state index contributed by atoms with van der Waals surface area (Å²) in [6.45, 7) is 0.564. The molecule has 24 heavy (non-hydrogen) atoms. The highest BCUT2D eigenvalue weighted by Gasteiger charge is 2.30. The van der Waals surface area contributed by atoms with E-state index >= 15 is 0 Å². The number of carbonyl (C=O) groups excluding carboxylic acids is 1. The lowest BCUT2D eigenvalue weighted by molar-refractivity contribution is -0.0993. The number of hydrogen-bond donors (Lipinski definition) is 2. The fraction of sp³-hybridized carbons (Fsp3) is 0.385. The van der Waals surface area contributed by atoms with Gasteiger partial charge in [-0.25, -0.2) is 0 Å². The van der Waals surface area contributed by atoms with Crippen LogP contribution in [-0.2, 0) is 11.8 Å². The number of nitrogens with one attached hydrogen (secondary N) is 2. The highest BCUT2D eigenvalue weighted by molar-refractivity contribution is 6.20. The minimum Gasteiger partial charge on any atom is -0.400 e. The van der Waals surface area contributed by atoms with E-state index in [-0.39, 0.29) is 17.6 Å². The van der Waals surface area contributed by atoms with Crippen LogP contribution in [0.3, 0.4) is 0 Å². The maximum atomic E-state index is 12.6. The highest BCUT2D eigenvalue weighted by atomic mass is 35.5. The molecular weight excluding hydrogens is 348 g/mol. The minimum absolute atomic E-state index is 0.000849. The second-order valence-electron chi connectivity index (χ2n) is 5.05. The Morgan fingerprint density at radius 3 is 3.04 bits per heavy atom. The number of aromatic nitrogens is 4. The first-order chi connectivity index (χ1) is 11.3. The van der Waals surface area contributed by atoms with E-state index in [0.717, 1.165) is 22.9 Å². The van der Waals surface area contributed by atoms with Crippen molar-refractivity contribution >= 4 is 23.3 Å². The molecule has 1 aliphatic heterocycles. The molecule has 1 saturated heterocycles. The third kappa shape index (κ3) is 3.82. The maximum Gasteiger partial charge on any atom is 0.488 e. The molecule has 1 fully saturated rings. The standard InChI is InChI=1S/C13H13ClF2N5O3/c1-21-8(6-11(20-21)24-13(14,15)16)12(22)17-10-5-7(18-19-10)9-3-2-4-23-9/h2,5-6,9H,3-4H2,1H3,(H2,17,18,19,22)/t9-/m1/s1. The summed E-state index contributed by atoms with van der Waals surface area (Å²) in [5.41, 5.74) is -3.17. The predicted octanol–water partition coefficient (Wildman–Crippen LogP) is 2.23. The lowest BCUT2D eigenvalue weighted by Crippen LogP contribution is -2.16. The average molecular weight is 361 g/mol. The Morgan fingerprint density at radius 2 is 2.38 bits per heavy atom. The largest absolute Gasteiger partial charge is 0.488 e. The van der Waals surface area contributed by atoms with Crippen LogP contribution in [0.2, 0.25) is 0 Å². The van der Waals surface area contributed by atoms with Crippen molar-refractivity contribution in [1.29, 1.82) is 0 Å². The van der Waals surface area contributed by atoms with Crippen molar-refractivity contribution in [3.05, 3.63) is 29.9 Å². The summed E-state index contributed by atoms with van der Waals surface area (Å²) in [5, 5.41) is 12.9. The molecule has 2 N–H and O–H groups in total. The van der Waals surface area contributed by atoms with Gasteiger partial charge in [-0.3, -0.25) is 14.6 Å². The van der Waals surface area contributed by atoms with Crippen molar-refractivity contribution < 1.29 is 23.0 Å². The van der Waals surface area contributed by atoms with Crippen LogP contribution < -0.4 is 10.1 Å². The molecule has 0 aliphatic carbocycles. The van der Waals surface area contributed by atoms with Crippen LogP contribution in [-0.4, -0.2) is 38.1 Å². The second-order valence-corrected chi connectivity index (χ2v) is 5.49. The molecule has 0 aromatic carbocycles. The van der Waals surface area contributed by atoms with Crippen LogP contribution in [0.4, 0.5) is 14.6 Å². The van der Waals surface area contributed by atoms with Gasteiger partial charge < -0.3 is 14.8 Å². The molecule has 3 rings (SSSR count). The fourth-order valence-corrected chi connectivity index (χ4v) is 2.34. The Bertz CT molecular complexity index is 736.